The van der Waals surface area contributed by atoms with Crippen LogP contribution in [0, 0.1) is 0 Å². The van der Waals surface area contributed by atoms with Crippen LogP contribution in [-0.2, 0) is 30.3 Å². The lowest BCUT2D eigenvalue weighted by atomic mass is 10.4. The number of hydrogen-bond donors (Lipinski definition) is 0. The van der Waals surface area contributed by atoms with Gasteiger partial charge in [-0.15, -0.1) is 11.3 Å². The normalized spacial score (nSPS) is 11.0. The molecule has 0 aliphatic rings. The first-order chi connectivity index (χ1) is 9.40. The number of thiophene rings is 1. The fourth-order valence-corrected chi connectivity index (χ4v) is 3.05. The molecule has 1 heterocycles. The highest BCUT2D eigenvalue weighted by Gasteiger charge is 2.27. The van der Waals surface area contributed by atoms with Gasteiger partial charge in [-0.3, -0.25) is 0 Å². The Labute approximate surface area is 125 Å². The molecule has 112 valence electrons. The Hall–Kier alpha value is -0.990. The predicted molar refractivity (Wildman–Crippen MR) is 75.9 cm³/mol. The van der Waals surface area contributed by atoms with E-state index in [-0.39, 0.29) is 15.5 Å². The molecule has 1 aromatic heterocycles. The summed E-state index contributed by atoms with van der Waals surface area (Å²) in [5, 5.41) is 0. The summed E-state index contributed by atoms with van der Waals surface area (Å²) >= 11 is 5.93. The zero-order valence-electron chi connectivity index (χ0n) is 11.2. The van der Waals surface area contributed by atoms with E-state index in [0.29, 0.717) is 0 Å². The maximum Gasteiger partial charge on any atom is 0.380 e. The van der Waals surface area contributed by atoms with E-state index in [2.05, 4.69) is 9.47 Å². The molecule has 0 N–H and O–H groups in total. The van der Waals surface area contributed by atoms with Gasteiger partial charge in [0.25, 0.3) is 0 Å². The molecule has 1 rings (SSSR count). The maximum absolute atomic E-state index is 11.7. The Morgan fingerprint density at radius 2 is 1.65 bits per heavy atom. The van der Waals surface area contributed by atoms with Crippen LogP contribution < -0.4 is 4.52 Å². The molecule has 0 unspecified atom stereocenters. The second-order valence-electron chi connectivity index (χ2n) is 3.19. The Balaban J connectivity index is 3.22. The van der Waals surface area contributed by atoms with Crippen LogP contribution in [0.4, 0.5) is 0 Å². The Morgan fingerprint density at radius 1 is 1.10 bits per heavy atom. The Morgan fingerprint density at radius 3 is 2.10 bits per heavy atom. The van der Waals surface area contributed by atoms with Crippen LogP contribution in [0.2, 0.25) is 0 Å². The van der Waals surface area contributed by atoms with Crippen molar-refractivity contribution in [2.24, 2.45) is 0 Å². The average molecular weight is 340 g/mol. The molecular weight excluding hydrogens is 327 g/mol. The lowest BCUT2D eigenvalue weighted by molar-refractivity contribution is 0.0597. The fraction of sp³-hybridized carbons (Fsp3) is 0.400. The van der Waals surface area contributed by atoms with Gasteiger partial charge in [-0.05, 0) is 0 Å². The molecule has 0 saturated heterocycles. The summed E-state index contributed by atoms with van der Waals surface area (Å²) in [5.41, 5.74) is 0. The molecule has 0 atom stereocenters. The fourth-order valence-electron chi connectivity index (χ4n) is 1.15. The zero-order valence-corrected chi connectivity index (χ0v) is 13.7. The van der Waals surface area contributed by atoms with Crippen molar-refractivity contribution < 1.29 is 32.6 Å². The molecule has 0 bridgehead atoms. The first-order valence-electron chi connectivity index (χ1n) is 5.12. The third-order valence-electron chi connectivity index (χ3n) is 2.11. The van der Waals surface area contributed by atoms with E-state index in [1.54, 1.807) is 0 Å². The van der Waals surface area contributed by atoms with Gasteiger partial charge in [0.2, 0.25) is 0 Å². The van der Waals surface area contributed by atoms with Gasteiger partial charge in [0.05, 0.1) is 14.2 Å². The first-order valence-corrected chi connectivity index (χ1v) is 8.49. The van der Waals surface area contributed by atoms with Crippen molar-refractivity contribution >= 4 is 41.8 Å². The van der Waals surface area contributed by atoms with Crippen molar-refractivity contribution in [3.05, 3.63) is 15.8 Å². The van der Waals surface area contributed by atoms with Gasteiger partial charge in [0.1, 0.15) is 4.88 Å². The van der Waals surface area contributed by atoms with Crippen LogP contribution in [0.25, 0.3) is 0 Å². The van der Waals surface area contributed by atoms with Crippen molar-refractivity contribution in [1.82, 2.24) is 0 Å². The first kappa shape index (κ1) is 17.1. The van der Waals surface area contributed by atoms with Crippen molar-refractivity contribution in [2.45, 2.75) is 0 Å². The predicted octanol–water partition coefficient (Wildman–Crippen LogP) is 2.22. The van der Waals surface area contributed by atoms with E-state index in [1.165, 1.54) is 34.5 Å². The van der Waals surface area contributed by atoms with E-state index in [4.69, 9.17) is 25.4 Å². The van der Waals surface area contributed by atoms with E-state index >= 15 is 0 Å². The minimum Gasteiger partial charge on any atom is -0.465 e. The number of esters is 2. The summed E-state index contributed by atoms with van der Waals surface area (Å²) < 4.78 is 24.6. The van der Waals surface area contributed by atoms with Gasteiger partial charge in [0, 0.05) is 32.1 Å². The van der Waals surface area contributed by atoms with Gasteiger partial charge >= 0.3 is 18.7 Å². The lowest BCUT2D eigenvalue weighted by Crippen LogP contribution is -2.03. The molecule has 0 amide bonds. The highest BCUT2D eigenvalue weighted by molar-refractivity contribution is 8.07. The van der Waals surface area contributed by atoms with Crippen molar-refractivity contribution in [3.63, 3.8) is 0 Å². The standard InChI is InChI=1S/C10H13O7PS2/c1-13-9(11)7-5-6(8(20-7)10(12)14-2)17-18(19,15-3)16-4/h5H,1-4H3. The van der Waals surface area contributed by atoms with Crippen LogP contribution in [-0.4, -0.2) is 40.4 Å². The minimum absolute atomic E-state index is 0.0642. The summed E-state index contributed by atoms with van der Waals surface area (Å²) in [6, 6.07) is 1.34. The lowest BCUT2D eigenvalue weighted by Gasteiger charge is -2.17. The van der Waals surface area contributed by atoms with Gasteiger partial charge in [-0.2, -0.15) is 0 Å². The topological polar surface area (TPSA) is 80.3 Å². The van der Waals surface area contributed by atoms with Crippen LogP contribution in [0.1, 0.15) is 19.3 Å². The summed E-state index contributed by atoms with van der Waals surface area (Å²) in [6.45, 7) is -3.03. The molecule has 0 saturated carbocycles. The zero-order chi connectivity index (χ0) is 15.3. The smallest absolute Gasteiger partial charge is 0.380 e. The Kier molecular flexibility index (Phi) is 6.09. The monoisotopic (exact) mass is 340 g/mol. The summed E-state index contributed by atoms with van der Waals surface area (Å²) in [7, 11) is 5.10. The second kappa shape index (κ2) is 7.14. The highest BCUT2D eigenvalue weighted by Crippen LogP contribution is 2.50. The van der Waals surface area contributed by atoms with Crippen molar-refractivity contribution in [3.8, 4) is 5.75 Å². The van der Waals surface area contributed by atoms with E-state index in [0.717, 1.165) is 11.3 Å². The molecule has 0 aliphatic carbocycles. The van der Waals surface area contributed by atoms with E-state index in [9.17, 15) is 9.59 Å². The molecule has 0 fully saturated rings. The molecule has 10 heteroatoms. The van der Waals surface area contributed by atoms with Gasteiger partial charge in [-0.25, -0.2) is 9.59 Å². The maximum atomic E-state index is 11.7. The van der Waals surface area contributed by atoms with Crippen LogP contribution in [0.3, 0.4) is 0 Å². The van der Waals surface area contributed by atoms with Crippen molar-refractivity contribution in [2.75, 3.05) is 28.4 Å². The summed E-state index contributed by atoms with van der Waals surface area (Å²) in [4.78, 5) is 23.4. The molecule has 7 nitrogen and oxygen atoms in total. The van der Waals surface area contributed by atoms with E-state index < -0.39 is 18.7 Å². The number of rotatable bonds is 6. The summed E-state index contributed by atoms with van der Waals surface area (Å²) in [6.07, 6.45) is 0. The molecular formula is C10H13O7PS2. The van der Waals surface area contributed by atoms with Gasteiger partial charge in [-0.1, -0.05) is 0 Å². The van der Waals surface area contributed by atoms with Gasteiger partial charge in [0.15, 0.2) is 10.6 Å². The van der Waals surface area contributed by atoms with Crippen LogP contribution in [0.15, 0.2) is 6.07 Å². The highest BCUT2D eigenvalue weighted by atomic mass is 32.5. The molecule has 0 spiro atoms. The molecule has 20 heavy (non-hydrogen) atoms. The van der Waals surface area contributed by atoms with E-state index in [1.807, 2.05) is 0 Å². The summed E-state index contributed by atoms with van der Waals surface area (Å²) in [5.74, 6) is -1.19. The quantitative estimate of drug-likeness (QED) is 0.576. The largest absolute Gasteiger partial charge is 0.465 e. The SMILES string of the molecule is COC(=O)c1cc(OP(=S)(OC)OC)c(C(=O)OC)s1. The third-order valence-corrected chi connectivity index (χ3v) is 5.62. The molecule has 0 aromatic carbocycles. The Bertz CT molecular complexity index is 546. The minimum atomic E-state index is -3.03. The average Bonchev–Trinajstić information content (AvgIpc) is 2.88. The van der Waals surface area contributed by atoms with Gasteiger partial charge < -0.3 is 23.0 Å². The van der Waals surface area contributed by atoms with Crippen LogP contribution >= 0.6 is 18.1 Å². The molecule has 1 aromatic rings. The number of carbonyl (C=O) groups excluding carboxylic acids is 2. The molecule has 0 radical (unpaired) electrons. The number of hydrogen-bond acceptors (Lipinski definition) is 9. The number of ether oxygens (including phenoxy) is 2. The third kappa shape index (κ3) is 3.77. The van der Waals surface area contributed by atoms with Crippen LogP contribution in [0.5, 0.6) is 5.75 Å². The number of carbonyl (C=O) groups is 2. The second-order valence-corrected chi connectivity index (χ2v) is 7.39. The van der Waals surface area contributed by atoms with Crippen molar-refractivity contribution in [1.29, 1.82) is 0 Å². The number of methoxy groups -OCH3 is 2. The molecule has 0 aliphatic heterocycles.